The molecule has 1 radical (unpaired) electrons. The Bertz CT molecular complexity index is 296. The minimum atomic E-state index is -0.0139. The Balaban J connectivity index is 1.77. The van der Waals surface area contributed by atoms with Crippen molar-refractivity contribution in [2.45, 2.75) is 18.7 Å². The molecule has 0 bridgehead atoms. The molecular weight excluding hydrogens is 202 g/mol. The molecule has 0 amide bonds. The van der Waals surface area contributed by atoms with Gasteiger partial charge in [-0.3, -0.25) is 5.32 Å². The van der Waals surface area contributed by atoms with Crippen LogP contribution >= 0.6 is 0 Å². The smallest absolute Gasteiger partial charge is 0.132 e. The van der Waals surface area contributed by atoms with Crippen molar-refractivity contribution < 1.29 is 9.47 Å². The van der Waals surface area contributed by atoms with Gasteiger partial charge in [-0.15, -0.1) is 0 Å². The molecule has 1 aliphatic heterocycles. The fourth-order valence-corrected chi connectivity index (χ4v) is 1.80. The van der Waals surface area contributed by atoms with Crippen LogP contribution in [0.4, 0.5) is 0 Å². The van der Waals surface area contributed by atoms with Gasteiger partial charge in [0.1, 0.15) is 6.23 Å². The molecule has 1 aromatic rings. The third kappa shape index (κ3) is 3.59. The van der Waals surface area contributed by atoms with Crippen LogP contribution in [0.2, 0.25) is 0 Å². The van der Waals surface area contributed by atoms with Crippen LogP contribution in [0, 0.1) is 6.92 Å². The number of hydrogen-bond acceptors (Lipinski definition) is 3. The van der Waals surface area contributed by atoms with E-state index in [1.54, 1.807) is 0 Å². The second-order valence-corrected chi connectivity index (χ2v) is 3.99. The lowest BCUT2D eigenvalue weighted by molar-refractivity contribution is -0.104. The number of benzene rings is 1. The summed E-state index contributed by atoms with van der Waals surface area (Å²) in [6.45, 7) is 6.05. The van der Waals surface area contributed by atoms with Crippen LogP contribution in [-0.4, -0.2) is 32.1 Å². The highest BCUT2D eigenvalue weighted by molar-refractivity contribution is 5.16. The van der Waals surface area contributed by atoms with E-state index in [9.17, 15) is 0 Å². The Kier molecular flexibility index (Phi) is 4.34. The van der Waals surface area contributed by atoms with Crippen LogP contribution in [0.25, 0.3) is 0 Å². The first kappa shape index (κ1) is 11.6. The Labute approximate surface area is 96.8 Å². The van der Waals surface area contributed by atoms with Gasteiger partial charge >= 0.3 is 0 Å². The molecule has 2 unspecified atom stereocenters. The monoisotopic (exact) mass is 220 g/mol. The van der Waals surface area contributed by atoms with Crippen LogP contribution in [0.3, 0.4) is 0 Å². The first-order valence-corrected chi connectivity index (χ1v) is 5.67. The second kappa shape index (κ2) is 5.99. The Morgan fingerprint density at radius 3 is 2.81 bits per heavy atom. The molecule has 0 saturated carbocycles. The van der Waals surface area contributed by atoms with Crippen molar-refractivity contribution in [2.24, 2.45) is 0 Å². The van der Waals surface area contributed by atoms with Crippen molar-refractivity contribution in [2.75, 3.05) is 19.8 Å². The number of hydrogen-bond donors (Lipinski definition) is 1. The van der Waals surface area contributed by atoms with Gasteiger partial charge in [-0.25, -0.2) is 0 Å². The van der Waals surface area contributed by atoms with E-state index in [1.807, 2.05) is 18.2 Å². The average Bonchev–Trinajstić information content (AvgIpc) is 2.31. The van der Waals surface area contributed by atoms with Gasteiger partial charge in [0.15, 0.2) is 0 Å². The summed E-state index contributed by atoms with van der Waals surface area (Å²) in [6.07, 6.45) is 0.890. The molecule has 1 fully saturated rings. The molecule has 1 N–H and O–H groups in total. The molecule has 1 aliphatic rings. The number of rotatable bonds is 4. The standard InChI is InChI=1S/C13H18NO2/c1-11(9-12-5-3-2-4-6-12)14-13-10-15-7-8-16-13/h2-6,11,13-14H,1,7-10H2. The zero-order chi connectivity index (χ0) is 11.2. The second-order valence-electron chi connectivity index (χ2n) is 3.99. The van der Waals surface area contributed by atoms with E-state index in [2.05, 4.69) is 24.4 Å². The van der Waals surface area contributed by atoms with Crippen LogP contribution in [-0.2, 0) is 15.9 Å². The minimum Gasteiger partial charge on any atom is -0.375 e. The van der Waals surface area contributed by atoms with Crippen molar-refractivity contribution in [1.82, 2.24) is 5.32 Å². The molecule has 0 spiro atoms. The van der Waals surface area contributed by atoms with Crippen molar-refractivity contribution >= 4 is 0 Å². The summed E-state index contributed by atoms with van der Waals surface area (Å²) in [5.74, 6) is 0. The molecule has 2 rings (SSSR count). The summed E-state index contributed by atoms with van der Waals surface area (Å²) >= 11 is 0. The lowest BCUT2D eigenvalue weighted by Crippen LogP contribution is -2.45. The highest BCUT2D eigenvalue weighted by Crippen LogP contribution is 2.05. The van der Waals surface area contributed by atoms with Crippen molar-refractivity contribution in [3.05, 3.63) is 42.8 Å². The first-order chi connectivity index (χ1) is 7.84. The van der Waals surface area contributed by atoms with E-state index in [0.29, 0.717) is 19.8 Å². The predicted octanol–water partition coefficient (Wildman–Crippen LogP) is 1.39. The molecular formula is C13H18NO2. The molecule has 1 saturated heterocycles. The van der Waals surface area contributed by atoms with E-state index in [4.69, 9.17) is 9.47 Å². The SMILES string of the molecule is [CH2]C(Cc1ccccc1)NC1COCCO1. The lowest BCUT2D eigenvalue weighted by Gasteiger charge is -2.27. The zero-order valence-electron chi connectivity index (χ0n) is 9.39. The van der Waals surface area contributed by atoms with Crippen LogP contribution in [0.15, 0.2) is 30.3 Å². The summed E-state index contributed by atoms with van der Waals surface area (Å²) in [6, 6.07) is 10.5. The largest absolute Gasteiger partial charge is 0.375 e. The lowest BCUT2D eigenvalue weighted by atomic mass is 10.1. The fourth-order valence-electron chi connectivity index (χ4n) is 1.80. The third-order valence-corrected chi connectivity index (χ3v) is 2.56. The first-order valence-electron chi connectivity index (χ1n) is 5.67. The van der Waals surface area contributed by atoms with Gasteiger partial charge in [0.25, 0.3) is 0 Å². The third-order valence-electron chi connectivity index (χ3n) is 2.56. The number of nitrogens with one attached hydrogen (secondary N) is 1. The highest BCUT2D eigenvalue weighted by Gasteiger charge is 2.16. The van der Waals surface area contributed by atoms with E-state index < -0.39 is 0 Å². The molecule has 1 aromatic carbocycles. The summed E-state index contributed by atoms with van der Waals surface area (Å²) in [5.41, 5.74) is 1.28. The molecule has 0 aliphatic carbocycles. The maximum atomic E-state index is 5.51. The van der Waals surface area contributed by atoms with Gasteiger partial charge in [0, 0.05) is 6.04 Å². The highest BCUT2D eigenvalue weighted by atomic mass is 16.6. The Hall–Kier alpha value is -0.900. The van der Waals surface area contributed by atoms with Crippen molar-refractivity contribution in [1.29, 1.82) is 0 Å². The molecule has 0 aromatic heterocycles. The van der Waals surface area contributed by atoms with Gasteiger partial charge in [-0.05, 0) is 18.9 Å². The van der Waals surface area contributed by atoms with Crippen molar-refractivity contribution in [3.8, 4) is 0 Å². The van der Waals surface area contributed by atoms with Crippen LogP contribution in [0.5, 0.6) is 0 Å². The van der Waals surface area contributed by atoms with E-state index in [1.165, 1.54) is 5.56 Å². The van der Waals surface area contributed by atoms with E-state index in [0.717, 1.165) is 6.42 Å². The minimum absolute atomic E-state index is 0.0139. The summed E-state index contributed by atoms with van der Waals surface area (Å²) in [7, 11) is 0. The maximum Gasteiger partial charge on any atom is 0.132 e. The quantitative estimate of drug-likeness (QED) is 0.832. The summed E-state index contributed by atoms with van der Waals surface area (Å²) < 4.78 is 10.8. The topological polar surface area (TPSA) is 30.5 Å². The van der Waals surface area contributed by atoms with Gasteiger partial charge in [-0.2, -0.15) is 0 Å². The zero-order valence-corrected chi connectivity index (χ0v) is 9.39. The van der Waals surface area contributed by atoms with Gasteiger partial charge in [-0.1, -0.05) is 30.3 Å². The fraction of sp³-hybridized carbons (Fsp3) is 0.462. The average molecular weight is 220 g/mol. The molecule has 3 heteroatoms. The molecule has 2 atom stereocenters. The maximum absolute atomic E-state index is 5.51. The molecule has 87 valence electrons. The van der Waals surface area contributed by atoms with E-state index >= 15 is 0 Å². The predicted molar refractivity (Wildman–Crippen MR) is 63.0 cm³/mol. The van der Waals surface area contributed by atoms with Crippen molar-refractivity contribution in [3.63, 3.8) is 0 Å². The van der Waals surface area contributed by atoms with E-state index in [-0.39, 0.29) is 12.3 Å². The van der Waals surface area contributed by atoms with Gasteiger partial charge in [0.05, 0.1) is 19.8 Å². The van der Waals surface area contributed by atoms with Crippen LogP contribution < -0.4 is 5.32 Å². The van der Waals surface area contributed by atoms with Gasteiger partial charge in [0.2, 0.25) is 0 Å². The molecule has 1 heterocycles. The summed E-state index contributed by atoms with van der Waals surface area (Å²) in [4.78, 5) is 0. The molecule has 16 heavy (non-hydrogen) atoms. The summed E-state index contributed by atoms with van der Waals surface area (Å²) in [5, 5.41) is 3.31. The molecule has 3 nitrogen and oxygen atoms in total. The van der Waals surface area contributed by atoms with Crippen LogP contribution in [0.1, 0.15) is 5.56 Å². The Morgan fingerprint density at radius 2 is 2.12 bits per heavy atom. The number of ether oxygens (including phenoxy) is 2. The van der Waals surface area contributed by atoms with Gasteiger partial charge < -0.3 is 9.47 Å². The Morgan fingerprint density at radius 1 is 1.31 bits per heavy atom. The normalized spacial score (nSPS) is 22.9.